The van der Waals surface area contributed by atoms with Gasteiger partial charge in [0.05, 0.1) is 0 Å². The molecule has 0 heterocycles. The van der Waals surface area contributed by atoms with Crippen molar-refractivity contribution >= 4 is 0 Å². The average Bonchev–Trinajstić information content (AvgIpc) is 2.75. The summed E-state index contributed by atoms with van der Waals surface area (Å²) < 4.78 is 0. The van der Waals surface area contributed by atoms with Gasteiger partial charge >= 0.3 is 0 Å². The first-order valence-electron chi connectivity index (χ1n) is 4.70. The summed E-state index contributed by atoms with van der Waals surface area (Å²) in [5, 5.41) is 0. The number of hydrogen-bond acceptors (Lipinski definition) is 0. The predicted molar refractivity (Wildman–Crippen MR) is 47.3 cm³/mol. The second kappa shape index (κ2) is 2.53. The van der Waals surface area contributed by atoms with Crippen molar-refractivity contribution in [3.8, 4) is 0 Å². The number of rotatable bonds is 1. The Morgan fingerprint density at radius 3 is 2.73 bits per heavy atom. The molecule has 0 N–H and O–H groups in total. The van der Waals surface area contributed by atoms with E-state index < -0.39 is 0 Å². The molecule has 2 aliphatic carbocycles. The lowest BCUT2D eigenvalue weighted by atomic mass is 9.98. The third-order valence-corrected chi connectivity index (χ3v) is 3.09. The van der Waals surface area contributed by atoms with Crippen LogP contribution in [-0.2, 0) is 0 Å². The molecule has 0 saturated heterocycles. The third kappa shape index (κ3) is 1.28. The maximum atomic E-state index is 3.78. The molecule has 0 aliphatic heterocycles. The molecule has 0 spiro atoms. The van der Waals surface area contributed by atoms with Crippen molar-refractivity contribution in [2.24, 2.45) is 17.8 Å². The first-order chi connectivity index (χ1) is 5.31. The van der Waals surface area contributed by atoms with Crippen LogP contribution in [0.4, 0.5) is 0 Å². The molecule has 60 valence electrons. The molecule has 0 aromatic heterocycles. The monoisotopic (exact) mass is 148 g/mol. The van der Waals surface area contributed by atoms with Crippen LogP contribution in [0.1, 0.15) is 32.6 Å². The fourth-order valence-corrected chi connectivity index (χ4v) is 2.36. The summed E-state index contributed by atoms with van der Waals surface area (Å²) in [7, 11) is 0. The summed E-state index contributed by atoms with van der Waals surface area (Å²) in [5.41, 5.74) is 4.66. The molecule has 0 nitrogen and oxygen atoms in total. The summed E-state index contributed by atoms with van der Waals surface area (Å²) in [6.07, 6.45) is 5.60. The zero-order chi connectivity index (χ0) is 7.84. The second-order valence-electron chi connectivity index (χ2n) is 4.19. The van der Waals surface area contributed by atoms with E-state index in [0.717, 1.165) is 17.8 Å². The van der Waals surface area contributed by atoms with Gasteiger partial charge in [-0.15, -0.1) is 5.73 Å². The lowest BCUT2D eigenvalue weighted by molar-refractivity contribution is 0.492. The quantitative estimate of drug-likeness (QED) is 0.501. The smallest absolute Gasteiger partial charge is 0.00962 e. The van der Waals surface area contributed by atoms with Gasteiger partial charge in [0, 0.05) is 0 Å². The molecule has 2 saturated carbocycles. The van der Waals surface area contributed by atoms with E-state index in [9.17, 15) is 0 Å². The van der Waals surface area contributed by atoms with Crippen LogP contribution in [-0.4, -0.2) is 0 Å². The van der Waals surface area contributed by atoms with E-state index in [0.29, 0.717) is 0 Å². The first-order valence-corrected chi connectivity index (χ1v) is 4.70. The Kier molecular flexibility index (Phi) is 1.65. The van der Waals surface area contributed by atoms with Gasteiger partial charge in [-0.1, -0.05) is 13.5 Å². The van der Waals surface area contributed by atoms with Crippen LogP contribution in [0.2, 0.25) is 0 Å². The molecule has 2 fully saturated rings. The molecule has 0 amide bonds. The van der Waals surface area contributed by atoms with Crippen molar-refractivity contribution in [1.82, 2.24) is 0 Å². The lowest BCUT2D eigenvalue weighted by Crippen LogP contribution is -1.98. The van der Waals surface area contributed by atoms with Crippen molar-refractivity contribution in [2.75, 3.05) is 0 Å². The Morgan fingerprint density at radius 2 is 2.18 bits per heavy atom. The van der Waals surface area contributed by atoms with Crippen LogP contribution in [0, 0.1) is 17.8 Å². The second-order valence-corrected chi connectivity index (χ2v) is 4.19. The predicted octanol–water partition coefficient (Wildman–Crippen LogP) is 3.15. The SMILES string of the molecule is C=C=C1CC(C)CC1C1CC1. The highest BCUT2D eigenvalue weighted by Crippen LogP contribution is 2.49. The fourth-order valence-electron chi connectivity index (χ4n) is 2.36. The van der Waals surface area contributed by atoms with Crippen LogP contribution in [0.25, 0.3) is 0 Å². The zero-order valence-electron chi connectivity index (χ0n) is 7.27. The standard InChI is InChI=1S/C11H16/c1-3-9-6-8(2)7-11(9)10-4-5-10/h8,10-11H,1,4-7H2,2H3. The minimum Gasteiger partial charge on any atom is -0.129 e. The van der Waals surface area contributed by atoms with Crippen LogP contribution in [0.5, 0.6) is 0 Å². The molecule has 0 aromatic carbocycles. The van der Waals surface area contributed by atoms with E-state index in [1.54, 1.807) is 0 Å². The summed E-state index contributed by atoms with van der Waals surface area (Å²) in [6.45, 7) is 6.12. The van der Waals surface area contributed by atoms with E-state index in [2.05, 4.69) is 19.2 Å². The van der Waals surface area contributed by atoms with Crippen LogP contribution >= 0.6 is 0 Å². The van der Waals surface area contributed by atoms with Crippen molar-refractivity contribution in [3.05, 3.63) is 17.9 Å². The van der Waals surface area contributed by atoms with Gasteiger partial charge in [0.1, 0.15) is 0 Å². The van der Waals surface area contributed by atoms with Gasteiger partial charge in [0.15, 0.2) is 0 Å². The molecule has 2 atom stereocenters. The van der Waals surface area contributed by atoms with Crippen LogP contribution < -0.4 is 0 Å². The molecule has 11 heavy (non-hydrogen) atoms. The molecular weight excluding hydrogens is 132 g/mol. The molecule has 2 aliphatic rings. The Bertz CT molecular complexity index is 204. The minimum atomic E-state index is 0.877. The van der Waals surface area contributed by atoms with Crippen molar-refractivity contribution in [3.63, 3.8) is 0 Å². The Hall–Kier alpha value is -0.480. The summed E-state index contributed by atoms with van der Waals surface area (Å²) in [6, 6.07) is 0. The molecule has 0 aromatic rings. The largest absolute Gasteiger partial charge is 0.129 e. The lowest BCUT2D eigenvalue weighted by Gasteiger charge is -2.06. The summed E-state index contributed by atoms with van der Waals surface area (Å²) in [5.74, 6) is 2.79. The van der Waals surface area contributed by atoms with Gasteiger partial charge in [-0.05, 0) is 49.0 Å². The maximum absolute atomic E-state index is 3.78. The van der Waals surface area contributed by atoms with Gasteiger partial charge in [-0.2, -0.15) is 0 Å². The highest BCUT2D eigenvalue weighted by Gasteiger charge is 2.38. The van der Waals surface area contributed by atoms with Gasteiger partial charge in [0.2, 0.25) is 0 Å². The molecule has 0 bridgehead atoms. The highest BCUT2D eigenvalue weighted by molar-refractivity contribution is 5.14. The average molecular weight is 148 g/mol. The summed E-state index contributed by atoms with van der Waals surface area (Å²) in [4.78, 5) is 0. The molecule has 2 rings (SSSR count). The van der Waals surface area contributed by atoms with Gasteiger partial charge in [0.25, 0.3) is 0 Å². The van der Waals surface area contributed by atoms with Crippen LogP contribution in [0.15, 0.2) is 17.9 Å². The van der Waals surface area contributed by atoms with Crippen molar-refractivity contribution in [1.29, 1.82) is 0 Å². The fraction of sp³-hybridized carbons (Fsp3) is 0.727. The maximum Gasteiger partial charge on any atom is -0.00962 e. The van der Waals surface area contributed by atoms with Crippen molar-refractivity contribution in [2.45, 2.75) is 32.6 Å². The number of allylic oxidation sites excluding steroid dienone is 1. The third-order valence-electron chi connectivity index (χ3n) is 3.09. The number of hydrogen-bond donors (Lipinski definition) is 0. The van der Waals surface area contributed by atoms with Crippen molar-refractivity contribution < 1.29 is 0 Å². The molecule has 2 unspecified atom stereocenters. The summed E-state index contributed by atoms with van der Waals surface area (Å²) >= 11 is 0. The Labute approximate surface area is 69.0 Å². The zero-order valence-corrected chi connectivity index (χ0v) is 7.27. The molecule has 0 radical (unpaired) electrons. The molecule has 0 heteroatoms. The van der Waals surface area contributed by atoms with Gasteiger partial charge in [-0.25, -0.2) is 0 Å². The van der Waals surface area contributed by atoms with E-state index in [-0.39, 0.29) is 0 Å². The van der Waals surface area contributed by atoms with Gasteiger partial charge < -0.3 is 0 Å². The van der Waals surface area contributed by atoms with E-state index in [1.165, 1.54) is 31.3 Å². The van der Waals surface area contributed by atoms with Crippen LogP contribution in [0.3, 0.4) is 0 Å². The van der Waals surface area contributed by atoms with E-state index >= 15 is 0 Å². The normalized spacial score (nSPS) is 37.4. The highest BCUT2D eigenvalue weighted by atomic mass is 14.4. The topological polar surface area (TPSA) is 0 Å². The Balaban J connectivity index is 2.12. The first kappa shape index (κ1) is 7.18. The van der Waals surface area contributed by atoms with Gasteiger partial charge in [-0.3, -0.25) is 0 Å². The molecular formula is C11H16. The van der Waals surface area contributed by atoms with E-state index in [4.69, 9.17) is 0 Å². The Morgan fingerprint density at radius 1 is 1.45 bits per heavy atom. The minimum absolute atomic E-state index is 0.877. The van der Waals surface area contributed by atoms with E-state index in [1.807, 2.05) is 0 Å².